The van der Waals surface area contributed by atoms with Gasteiger partial charge in [-0.1, -0.05) is 29.8 Å². The Morgan fingerprint density at radius 2 is 1.88 bits per heavy atom. The molecule has 2 aromatic carbocycles. The van der Waals surface area contributed by atoms with Crippen molar-refractivity contribution in [3.05, 3.63) is 69.4 Å². The van der Waals surface area contributed by atoms with Crippen molar-refractivity contribution in [2.24, 2.45) is 7.05 Å². The number of rotatable bonds is 4. The van der Waals surface area contributed by atoms with Crippen LogP contribution < -0.4 is 11.0 Å². The molecule has 0 bridgehead atoms. The summed E-state index contributed by atoms with van der Waals surface area (Å²) in [6.07, 6.45) is 0. The topological polar surface area (TPSA) is 56.0 Å². The minimum absolute atomic E-state index is 0.0508. The number of benzene rings is 2. The number of nitrogens with one attached hydrogen (secondary N) is 1. The molecule has 0 aliphatic carbocycles. The Labute approximate surface area is 142 Å². The molecule has 1 heterocycles. The third-order valence-corrected chi connectivity index (χ3v) is 4.18. The maximum Gasteiger partial charge on any atom is 0.328 e. The van der Waals surface area contributed by atoms with Crippen molar-refractivity contribution in [2.75, 3.05) is 6.54 Å². The highest BCUT2D eigenvalue weighted by Crippen LogP contribution is 2.18. The fourth-order valence-corrected chi connectivity index (χ4v) is 2.91. The third-order valence-electron chi connectivity index (χ3n) is 3.86. The van der Waals surface area contributed by atoms with Crippen LogP contribution in [0.2, 0.25) is 5.02 Å². The Morgan fingerprint density at radius 1 is 1.17 bits per heavy atom. The second-order valence-corrected chi connectivity index (χ2v) is 5.74. The van der Waals surface area contributed by atoms with Crippen LogP contribution in [0.3, 0.4) is 0 Å². The maximum atomic E-state index is 13.7. The number of aryl methyl sites for hydroxylation is 1. The van der Waals surface area contributed by atoms with Crippen molar-refractivity contribution in [3.8, 4) is 0 Å². The van der Waals surface area contributed by atoms with Gasteiger partial charge in [0.2, 0.25) is 0 Å². The number of para-hydroxylation sites is 2. The monoisotopic (exact) mass is 347 g/mol. The Hall–Kier alpha value is -2.60. The van der Waals surface area contributed by atoms with E-state index in [-0.39, 0.29) is 29.4 Å². The van der Waals surface area contributed by atoms with Crippen molar-refractivity contribution < 1.29 is 9.18 Å². The molecule has 0 spiro atoms. The van der Waals surface area contributed by atoms with E-state index in [9.17, 15) is 14.0 Å². The zero-order chi connectivity index (χ0) is 17.3. The smallest absolute Gasteiger partial charge is 0.328 e. The second kappa shape index (κ2) is 6.49. The van der Waals surface area contributed by atoms with Gasteiger partial charge in [0, 0.05) is 20.1 Å². The predicted molar refractivity (Wildman–Crippen MR) is 90.9 cm³/mol. The summed E-state index contributed by atoms with van der Waals surface area (Å²) in [6, 6.07) is 11.5. The molecule has 24 heavy (non-hydrogen) atoms. The standard InChI is InChI=1S/C17H15ClFN3O2/c1-21-13-7-2-3-8-14(13)22(17(21)24)10-9-20-16(23)15-11(18)5-4-6-12(15)19/h2-8H,9-10H2,1H3,(H,20,23). The van der Waals surface area contributed by atoms with Gasteiger partial charge in [-0.3, -0.25) is 13.9 Å². The molecule has 3 aromatic rings. The predicted octanol–water partition coefficient (Wildman–Crippen LogP) is 2.56. The molecule has 0 unspecified atom stereocenters. The van der Waals surface area contributed by atoms with E-state index in [4.69, 9.17) is 11.6 Å². The van der Waals surface area contributed by atoms with Crippen LogP contribution in [0.1, 0.15) is 10.4 Å². The van der Waals surface area contributed by atoms with Gasteiger partial charge in [-0.15, -0.1) is 0 Å². The normalized spacial score (nSPS) is 11.0. The number of nitrogens with zero attached hydrogens (tertiary/aromatic N) is 2. The molecule has 124 valence electrons. The highest BCUT2D eigenvalue weighted by Gasteiger charge is 2.16. The molecule has 0 fully saturated rings. The number of hydrogen-bond acceptors (Lipinski definition) is 2. The van der Waals surface area contributed by atoms with Gasteiger partial charge in [0.15, 0.2) is 0 Å². The zero-order valence-electron chi connectivity index (χ0n) is 12.9. The van der Waals surface area contributed by atoms with Crippen LogP contribution in [0.15, 0.2) is 47.3 Å². The summed E-state index contributed by atoms with van der Waals surface area (Å²) in [5, 5.41) is 2.65. The summed E-state index contributed by atoms with van der Waals surface area (Å²) < 4.78 is 16.8. The van der Waals surface area contributed by atoms with E-state index in [1.807, 2.05) is 24.3 Å². The number of imidazole rings is 1. The van der Waals surface area contributed by atoms with Gasteiger partial charge in [-0.05, 0) is 24.3 Å². The average molecular weight is 348 g/mol. The lowest BCUT2D eigenvalue weighted by Gasteiger charge is -2.08. The van der Waals surface area contributed by atoms with Gasteiger partial charge >= 0.3 is 5.69 Å². The molecule has 0 saturated heterocycles. The fraction of sp³-hybridized carbons (Fsp3) is 0.176. The first-order chi connectivity index (χ1) is 11.5. The van der Waals surface area contributed by atoms with Crippen LogP contribution in [0.4, 0.5) is 4.39 Å². The average Bonchev–Trinajstić information content (AvgIpc) is 2.80. The SMILES string of the molecule is Cn1c(=O)n(CCNC(=O)c2c(F)cccc2Cl)c2ccccc21. The summed E-state index contributed by atoms with van der Waals surface area (Å²) in [5.41, 5.74) is 1.23. The molecule has 3 rings (SSSR count). The Bertz CT molecular complexity index is 957. The summed E-state index contributed by atoms with van der Waals surface area (Å²) in [7, 11) is 1.69. The van der Waals surface area contributed by atoms with E-state index < -0.39 is 11.7 Å². The van der Waals surface area contributed by atoms with Crippen LogP contribution in [-0.4, -0.2) is 21.6 Å². The summed E-state index contributed by atoms with van der Waals surface area (Å²) in [4.78, 5) is 24.4. The first-order valence-corrected chi connectivity index (χ1v) is 7.75. The molecular formula is C17H15ClFN3O2. The minimum Gasteiger partial charge on any atom is -0.350 e. The van der Waals surface area contributed by atoms with Crippen LogP contribution in [0, 0.1) is 5.82 Å². The van der Waals surface area contributed by atoms with E-state index >= 15 is 0 Å². The molecular weight excluding hydrogens is 333 g/mol. The van der Waals surface area contributed by atoms with Crippen molar-refractivity contribution in [1.82, 2.24) is 14.5 Å². The van der Waals surface area contributed by atoms with Crippen LogP contribution in [-0.2, 0) is 13.6 Å². The lowest BCUT2D eigenvalue weighted by molar-refractivity contribution is 0.0948. The number of hydrogen-bond donors (Lipinski definition) is 1. The van der Waals surface area contributed by atoms with Gasteiger partial charge in [-0.2, -0.15) is 0 Å². The van der Waals surface area contributed by atoms with Gasteiger partial charge in [0.25, 0.3) is 5.91 Å². The molecule has 0 aliphatic heterocycles. The Morgan fingerprint density at radius 3 is 2.58 bits per heavy atom. The summed E-state index contributed by atoms with van der Waals surface area (Å²) in [6.45, 7) is 0.454. The molecule has 1 aromatic heterocycles. The molecule has 1 N–H and O–H groups in total. The van der Waals surface area contributed by atoms with E-state index in [0.717, 1.165) is 11.0 Å². The van der Waals surface area contributed by atoms with Crippen molar-refractivity contribution in [3.63, 3.8) is 0 Å². The zero-order valence-corrected chi connectivity index (χ0v) is 13.7. The molecule has 5 nitrogen and oxygen atoms in total. The van der Waals surface area contributed by atoms with E-state index in [2.05, 4.69) is 5.32 Å². The summed E-state index contributed by atoms with van der Waals surface area (Å²) >= 11 is 5.87. The number of aromatic nitrogens is 2. The Kier molecular flexibility index (Phi) is 4.40. The highest BCUT2D eigenvalue weighted by molar-refractivity contribution is 6.33. The van der Waals surface area contributed by atoms with E-state index in [1.54, 1.807) is 16.2 Å². The van der Waals surface area contributed by atoms with Gasteiger partial charge in [0.1, 0.15) is 5.82 Å². The summed E-state index contributed by atoms with van der Waals surface area (Å²) in [5.74, 6) is -1.28. The van der Waals surface area contributed by atoms with Crippen molar-refractivity contribution >= 4 is 28.5 Å². The highest BCUT2D eigenvalue weighted by atomic mass is 35.5. The quantitative estimate of drug-likeness (QED) is 0.788. The molecule has 0 saturated carbocycles. The van der Waals surface area contributed by atoms with Gasteiger partial charge < -0.3 is 5.32 Å². The Balaban J connectivity index is 1.77. The molecule has 0 aliphatic rings. The van der Waals surface area contributed by atoms with Crippen LogP contribution in [0.25, 0.3) is 11.0 Å². The molecule has 0 radical (unpaired) electrons. The molecule has 7 heteroatoms. The molecule has 0 atom stereocenters. The maximum absolute atomic E-state index is 13.7. The van der Waals surface area contributed by atoms with Crippen molar-refractivity contribution in [2.45, 2.75) is 6.54 Å². The minimum atomic E-state index is -0.678. The van der Waals surface area contributed by atoms with Crippen LogP contribution in [0.5, 0.6) is 0 Å². The number of fused-ring (bicyclic) bond motifs is 1. The van der Waals surface area contributed by atoms with E-state index in [0.29, 0.717) is 0 Å². The largest absolute Gasteiger partial charge is 0.350 e. The lowest BCUT2D eigenvalue weighted by atomic mass is 10.2. The third kappa shape index (κ3) is 2.80. The van der Waals surface area contributed by atoms with Crippen LogP contribution >= 0.6 is 11.6 Å². The molecule has 1 amide bonds. The first kappa shape index (κ1) is 16.3. The first-order valence-electron chi connectivity index (χ1n) is 7.37. The van der Waals surface area contributed by atoms with Crippen molar-refractivity contribution in [1.29, 1.82) is 0 Å². The lowest BCUT2D eigenvalue weighted by Crippen LogP contribution is -2.31. The number of carbonyl (C=O) groups is 1. The number of halogens is 2. The van der Waals surface area contributed by atoms with E-state index in [1.165, 1.54) is 18.2 Å². The fourth-order valence-electron chi connectivity index (χ4n) is 2.66. The van der Waals surface area contributed by atoms with Gasteiger partial charge in [0.05, 0.1) is 21.6 Å². The van der Waals surface area contributed by atoms with Gasteiger partial charge in [-0.25, -0.2) is 9.18 Å². The second-order valence-electron chi connectivity index (χ2n) is 5.33. The number of amides is 1. The number of carbonyl (C=O) groups excluding carboxylic acids is 1.